The summed E-state index contributed by atoms with van der Waals surface area (Å²) in [5.74, 6) is 1.76. The second-order valence-electron chi connectivity index (χ2n) is 5.11. The third-order valence-electron chi connectivity index (χ3n) is 3.66. The number of ether oxygens (including phenoxy) is 1. The molecule has 0 spiro atoms. The van der Waals surface area contributed by atoms with E-state index in [9.17, 15) is 0 Å². The van der Waals surface area contributed by atoms with E-state index >= 15 is 0 Å². The van der Waals surface area contributed by atoms with Gasteiger partial charge in [0.25, 0.3) is 0 Å². The molecule has 7 heteroatoms. The van der Waals surface area contributed by atoms with Crippen LogP contribution in [0.15, 0.2) is 35.1 Å². The van der Waals surface area contributed by atoms with Crippen molar-refractivity contribution in [2.24, 2.45) is 0 Å². The van der Waals surface area contributed by atoms with Gasteiger partial charge in [-0.2, -0.15) is 0 Å². The largest absolute Gasteiger partial charge is 0.378 e. The van der Waals surface area contributed by atoms with Crippen molar-refractivity contribution in [3.63, 3.8) is 0 Å². The van der Waals surface area contributed by atoms with Gasteiger partial charge in [0.15, 0.2) is 5.65 Å². The zero-order valence-electron chi connectivity index (χ0n) is 11.8. The second-order valence-corrected chi connectivity index (χ2v) is 6.03. The van der Waals surface area contributed by atoms with Crippen LogP contribution in [0.3, 0.4) is 0 Å². The first kappa shape index (κ1) is 13.7. The van der Waals surface area contributed by atoms with Crippen LogP contribution in [0.2, 0.25) is 0 Å². The lowest BCUT2D eigenvalue weighted by Crippen LogP contribution is -2.36. The van der Waals surface area contributed by atoms with Gasteiger partial charge in [0, 0.05) is 35.5 Å². The number of rotatable bonds is 2. The van der Waals surface area contributed by atoms with Crippen molar-refractivity contribution in [2.45, 2.75) is 0 Å². The third-order valence-corrected chi connectivity index (χ3v) is 4.09. The van der Waals surface area contributed by atoms with Crippen molar-refractivity contribution in [2.75, 3.05) is 31.2 Å². The molecule has 0 saturated carbocycles. The molecule has 1 fully saturated rings. The van der Waals surface area contributed by atoms with Gasteiger partial charge < -0.3 is 14.6 Å². The van der Waals surface area contributed by atoms with Gasteiger partial charge in [-0.1, -0.05) is 0 Å². The van der Waals surface area contributed by atoms with Crippen LogP contribution in [0, 0.1) is 0 Å². The molecule has 22 heavy (non-hydrogen) atoms. The van der Waals surface area contributed by atoms with Gasteiger partial charge in [-0.15, -0.1) is 0 Å². The number of H-pyrrole nitrogens is 1. The number of morpholine rings is 1. The molecule has 4 heterocycles. The van der Waals surface area contributed by atoms with Crippen LogP contribution >= 0.6 is 15.9 Å². The molecular formula is C15H14BrN5O. The number of hydrogen-bond donors (Lipinski definition) is 1. The number of halogens is 1. The Kier molecular flexibility index (Phi) is 3.51. The predicted octanol–water partition coefficient (Wildman–Crippen LogP) is 2.62. The first-order chi connectivity index (χ1) is 10.8. The zero-order chi connectivity index (χ0) is 14.9. The average molecular weight is 360 g/mol. The molecular weight excluding hydrogens is 346 g/mol. The Morgan fingerprint density at radius 2 is 2.00 bits per heavy atom. The van der Waals surface area contributed by atoms with Crippen LogP contribution in [0.4, 0.5) is 5.82 Å². The van der Waals surface area contributed by atoms with Crippen LogP contribution in [-0.2, 0) is 4.74 Å². The molecule has 3 aromatic heterocycles. The molecule has 1 N–H and O–H groups in total. The molecule has 0 aliphatic carbocycles. The van der Waals surface area contributed by atoms with Crippen molar-refractivity contribution < 1.29 is 4.74 Å². The smallest absolute Gasteiger partial charge is 0.178 e. The highest BCUT2D eigenvalue weighted by molar-refractivity contribution is 9.10. The van der Waals surface area contributed by atoms with Crippen LogP contribution < -0.4 is 4.90 Å². The molecule has 6 nitrogen and oxygen atoms in total. The fraction of sp³-hybridized carbons (Fsp3) is 0.267. The number of aromatic nitrogens is 4. The van der Waals surface area contributed by atoms with Crippen molar-refractivity contribution in [3.8, 4) is 11.4 Å². The molecule has 0 radical (unpaired) electrons. The van der Waals surface area contributed by atoms with E-state index < -0.39 is 0 Å². The molecule has 112 valence electrons. The molecule has 1 aliphatic heterocycles. The highest BCUT2D eigenvalue weighted by atomic mass is 79.9. The Morgan fingerprint density at radius 3 is 2.77 bits per heavy atom. The van der Waals surface area contributed by atoms with Gasteiger partial charge in [-0.05, 0) is 34.1 Å². The van der Waals surface area contributed by atoms with Crippen molar-refractivity contribution in [1.82, 2.24) is 19.9 Å². The second kappa shape index (κ2) is 5.66. The number of anilines is 1. The van der Waals surface area contributed by atoms with E-state index in [0.29, 0.717) is 5.65 Å². The lowest BCUT2D eigenvalue weighted by atomic mass is 10.2. The van der Waals surface area contributed by atoms with Gasteiger partial charge in [-0.25, -0.2) is 15.0 Å². The predicted molar refractivity (Wildman–Crippen MR) is 87.9 cm³/mol. The number of aromatic amines is 1. The standard InChI is InChI=1S/C15H14BrN5O/c16-11-7-12-15(18-9-11)20-14(19-12)10-1-2-13(17-8-10)21-3-5-22-6-4-21/h1-2,7-9H,3-6H2,(H,18,19,20). The fourth-order valence-corrected chi connectivity index (χ4v) is 2.85. The highest BCUT2D eigenvalue weighted by Crippen LogP contribution is 2.22. The summed E-state index contributed by atoms with van der Waals surface area (Å²) in [6.45, 7) is 3.28. The summed E-state index contributed by atoms with van der Waals surface area (Å²) in [5.41, 5.74) is 2.56. The summed E-state index contributed by atoms with van der Waals surface area (Å²) in [5, 5.41) is 0. The van der Waals surface area contributed by atoms with Crippen LogP contribution in [-0.4, -0.2) is 46.2 Å². The van der Waals surface area contributed by atoms with Gasteiger partial charge in [0.05, 0.1) is 18.7 Å². The molecule has 3 aromatic rings. The minimum absolute atomic E-state index is 0.704. The van der Waals surface area contributed by atoms with Crippen LogP contribution in [0.5, 0.6) is 0 Å². The molecule has 1 saturated heterocycles. The number of hydrogen-bond acceptors (Lipinski definition) is 5. The van der Waals surface area contributed by atoms with Crippen LogP contribution in [0.25, 0.3) is 22.6 Å². The maximum absolute atomic E-state index is 5.36. The van der Waals surface area contributed by atoms with Gasteiger partial charge in [-0.3, -0.25) is 0 Å². The van der Waals surface area contributed by atoms with E-state index in [4.69, 9.17) is 4.74 Å². The minimum atomic E-state index is 0.704. The maximum Gasteiger partial charge on any atom is 0.178 e. The number of fused-ring (bicyclic) bond motifs is 1. The fourth-order valence-electron chi connectivity index (χ4n) is 2.52. The van der Waals surface area contributed by atoms with E-state index in [2.05, 4.69) is 40.8 Å². The zero-order valence-corrected chi connectivity index (χ0v) is 13.4. The lowest BCUT2D eigenvalue weighted by Gasteiger charge is -2.27. The summed E-state index contributed by atoms with van der Waals surface area (Å²) in [6, 6.07) is 6.02. The van der Waals surface area contributed by atoms with Crippen LogP contribution in [0.1, 0.15) is 0 Å². The first-order valence-corrected chi connectivity index (χ1v) is 7.89. The summed E-state index contributed by atoms with van der Waals surface area (Å²) >= 11 is 3.41. The van der Waals surface area contributed by atoms with Gasteiger partial charge in [0.2, 0.25) is 0 Å². The lowest BCUT2D eigenvalue weighted by molar-refractivity contribution is 0.122. The summed E-state index contributed by atoms with van der Waals surface area (Å²) < 4.78 is 6.29. The summed E-state index contributed by atoms with van der Waals surface area (Å²) in [4.78, 5) is 18.8. The first-order valence-electron chi connectivity index (χ1n) is 7.10. The number of pyridine rings is 2. The summed E-state index contributed by atoms with van der Waals surface area (Å²) in [6.07, 6.45) is 3.59. The molecule has 4 rings (SSSR count). The molecule has 1 aliphatic rings. The van der Waals surface area contributed by atoms with Crippen molar-refractivity contribution in [3.05, 3.63) is 35.1 Å². The van der Waals surface area contributed by atoms with E-state index in [0.717, 1.165) is 53.5 Å². The molecule has 0 bridgehead atoms. The molecule has 0 atom stereocenters. The van der Waals surface area contributed by atoms with Crippen molar-refractivity contribution >= 4 is 32.9 Å². The number of imidazole rings is 1. The Balaban J connectivity index is 1.63. The Hall–Kier alpha value is -1.99. The SMILES string of the molecule is Brc1cnc2nc(-c3ccc(N4CCOCC4)nc3)[nH]c2c1. The monoisotopic (exact) mass is 359 g/mol. The van der Waals surface area contributed by atoms with E-state index in [1.807, 2.05) is 24.4 Å². The number of nitrogens with zero attached hydrogens (tertiary/aromatic N) is 4. The van der Waals surface area contributed by atoms with Gasteiger partial charge >= 0.3 is 0 Å². The molecule has 0 unspecified atom stereocenters. The summed E-state index contributed by atoms with van der Waals surface area (Å²) in [7, 11) is 0. The Morgan fingerprint density at radius 1 is 1.14 bits per heavy atom. The molecule has 0 amide bonds. The topological polar surface area (TPSA) is 66.9 Å². The molecule has 0 aromatic carbocycles. The third kappa shape index (κ3) is 2.57. The highest BCUT2D eigenvalue weighted by Gasteiger charge is 2.13. The Bertz CT molecular complexity index is 795. The quantitative estimate of drug-likeness (QED) is 0.761. The van der Waals surface area contributed by atoms with E-state index in [1.54, 1.807) is 6.20 Å². The normalized spacial score (nSPS) is 15.4. The maximum atomic E-state index is 5.36. The van der Waals surface area contributed by atoms with Gasteiger partial charge in [0.1, 0.15) is 11.6 Å². The van der Waals surface area contributed by atoms with E-state index in [-0.39, 0.29) is 0 Å². The van der Waals surface area contributed by atoms with Crippen molar-refractivity contribution in [1.29, 1.82) is 0 Å². The minimum Gasteiger partial charge on any atom is -0.378 e. The van der Waals surface area contributed by atoms with E-state index in [1.165, 1.54) is 0 Å². The average Bonchev–Trinajstić information content (AvgIpc) is 2.99. The Labute approximate surface area is 135 Å². The number of nitrogens with one attached hydrogen (secondary N) is 1.